The molecule has 1 aliphatic rings. The predicted molar refractivity (Wildman–Crippen MR) is 134 cm³/mol. The van der Waals surface area contributed by atoms with E-state index >= 15 is 0 Å². The first-order valence-corrected chi connectivity index (χ1v) is 11.7. The van der Waals surface area contributed by atoms with Crippen LogP contribution < -0.4 is 10.6 Å². The van der Waals surface area contributed by atoms with Gasteiger partial charge in [0.25, 0.3) is 0 Å². The van der Waals surface area contributed by atoms with Crippen molar-refractivity contribution < 1.29 is 24.3 Å². The van der Waals surface area contributed by atoms with Crippen molar-refractivity contribution in [3.63, 3.8) is 0 Å². The number of hydrogen-bond donors (Lipinski definition) is 3. The van der Waals surface area contributed by atoms with Gasteiger partial charge in [0.2, 0.25) is 17.7 Å². The maximum absolute atomic E-state index is 13.1. The number of aryl methyl sites for hydroxylation is 1. The minimum atomic E-state index is -1.15. The second-order valence-electron chi connectivity index (χ2n) is 8.96. The number of carboxylic acid groups (broad SMARTS) is 1. The zero-order valence-electron chi connectivity index (χ0n) is 20.2. The van der Waals surface area contributed by atoms with Gasteiger partial charge in [0, 0.05) is 12.6 Å². The number of nitrogens with one attached hydrogen (secondary N) is 2. The van der Waals surface area contributed by atoms with Gasteiger partial charge < -0.3 is 20.6 Å². The van der Waals surface area contributed by atoms with Crippen molar-refractivity contribution in [1.82, 2.24) is 10.2 Å². The van der Waals surface area contributed by atoms with Crippen molar-refractivity contribution >= 4 is 35.5 Å². The summed E-state index contributed by atoms with van der Waals surface area (Å²) in [7, 11) is 0. The lowest BCUT2D eigenvalue weighted by molar-refractivity contribution is -0.136. The summed E-state index contributed by atoms with van der Waals surface area (Å²) >= 11 is 0. The Morgan fingerprint density at radius 2 is 1.77 bits per heavy atom. The second kappa shape index (κ2) is 11.5. The van der Waals surface area contributed by atoms with Gasteiger partial charge in [-0.2, -0.15) is 0 Å². The molecule has 3 rings (SSSR count). The standard InChI is InChI=1S/C27H31N3O5/c1-17(2)24(26(33)28-20-12-7-9-18(3)23(20)27(34)35)29-25(32)21-13-8-16-30(21)22(31)15-14-19-10-5-4-6-11-19/h4-7,9-12,14-15,17,21,24H,8,13,16H2,1-3H3,(H,28,33)(H,29,32)(H,34,35)/b15-14+/t21-,24-/m0/s1. The molecular weight excluding hydrogens is 446 g/mol. The van der Waals surface area contributed by atoms with Crippen LogP contribution in [0.1, 0.15) is 48.2 Å². The number of likely N-dealkylation sites (tertiary alicyclic amines) is 1. The summed E-state index contributed by atoms with van der Waals surface area (Å²) in [6.07, 6.45) is 4.36. The molecule has 0 bridgehead atoms. The van der Waals surface area contributed by atoms with Gasteiger partial charge in [-0.3, -0.25) is 14.4 Å². The Labute approximate surface area is 205 Å². The van der Waals surface area contributed by atoms with E-state index in [-0.39, 0.29) is 23.1 Å². The summed E-state index contributed by atoms with van der Waals surface area (Å²) in [5, 5.41) is 15.0. The predicted octanol–water partition coefficient (Wildman–Crippen LogP) is 3.48. The summed E-state index contributed by atoms with van der Waals surface area (Å²) in [5.74, 6) is -2.59. The van der Waals surface area contributed by atoms with E-state index in [1.54, 1.807) is 39.0 Å². The average Bonchev–Trinajstić information content (AvgIpc) is 3.31. The summed E-state index contributed by atoms with van der Waals surface area (Å²) in [4.78, 5) is 52.2. The van der Waals surface area contributed by atoms with Gasteiger partial charge in [-0.05, 0) is 49.0 Å². The second-order valence-corrected chi connectivity index (χ2v) is 8.96. The van der Waals surface area contributed by atoms with E-state index in [0.717, 1.165) is 5.56 Å². The number of benzene rings is 2. The molecule has 3 N–H and O–H groups in total. The van der Waals surface area contributed by atoms with E-state index in [1.807, 2.05) is 30.3 Å². The summed E-state index contributed by atoms with van der Waals surface area (Å²) < 4.78 is 0. The fraction of sp³-hybridized carbons (Fsp3) is 0.333. The fourth-order valence-electron chi connectivity index (χ4n) is 4.18. The molecule has 1 heterocycles. The Balaban J connectivity index is 1.70. The number of carboxylic acids is 1. The first-order valence-electron chi connectivity index (χ1n) is 11.7. The molecule has 0 saturated carbocycles. The fourth-order valence-corrected chi connectivity index (χ4v) is 4.18. The Bertz CT molecular complexity index is 1130. The molecule has 2 atom stereocenters. The summed E-state index contributed by atoms with van der Waals surface area (Å²) in [5.41, 5.74) is 1.58. The van der Waals surface area contributed by atoms with Crippen LogP contribution in [0.5, 0.6) is 0 Å². The lowest BCUT2D eigenvalue weighted by Gasteiger charge is -2.27. The zero-order chi connectivity index (χ0) is 25.5. The number of carbonyl (C=O) groups is 4. The Morgan fingerprint density at radius 3 is 2.43 bits per heavy atom. The molecule has 1 saturated heterocycles. The molecule has 1 fully saturated rings. The lowest BCUT2D eigenvalue weighted by Crippen LogP contribution is -2.53. The monoisotopic (exact) mass is 477 g/mol. The van der Waals surface area contributed by atoms with E-state index in [2.05, 4.69) is 10.6 Å². The topological polar surface area (TPSA) is 116 Å². The SMILES string of the molecule is Cc1cccc(NC(=O)[C@@H](NC(=O)[C@@H]2CCCN2C(=O)/C=C/c2ccccc2)C(C)C)c1C(=O)O. The first-order chi connectivity index (χ1) is 16.7. The molecule has 2 aromatic carbocycles. The van der Waals surface area contributed by atoms with Crippen molar-refractivity contribution in [2.24, 2.45) is 5.92 Å². The van der Waals surface area contributed by atoms with Gasteiger partial charge in [0.15, 0.2) is 0 Å². The maximum Gasteiger partial charge on any atom is 0.338 e. The zero-order valence-corrected chi connectivity index (χ0v) is 20.2. The van der Waals surface area contributed by atoms with Gasteiger partial charge in [-0.15, -0.1) is 0 Å². The van der Waals surface area contributed by atoms with Gasteiger partial charge in [0.1, 0.15) is 12.1 Å². The minimum Gasteiger partial charge on any atom is -0.478 e. The highest BCUT2D eigenvalue weighted by molar-refractivity contribution is 6.04. The third-order valence-corrected chi connectivity index (χ3v) is 6.05. The summed E-state index contributed by atoms with van der Waals surface area (Å²) in [6, 6.07) is 12.7. The van der Waals surface area contributed by atoms with Crippen molar-refractivity contribution in [2.75, 3.05) is 11.9 Å². The van der Waals surface area contributed by atoms with E-state index in [1.165, 1.54) is 17.0 Å². The molecule has 3 amide bonds. The quantitative estimate of drug-likeness (QED) is 0.504. The van der Waals surface area contributed by atoms with E-state index in [9.17, 15) is 24.3 Å². The molecule has 0 unspecified atom stereocenters. The molecule has 8 nitrogen and oxygen atoms in total. The first kappa shape index (κ1) is 25.7. The van der Waals surface area contributed by atoms with Crippen molar-refractivity contribution in [2.45, 2.75) is 45.7 Å². The van der Waals surface area contributed by atoms with Crippen LogP contribution in [0.4, 0.5) is 5.69 Å². The van der Waals surface area contributed by atoms with Crippen LogP contribution in [0.15, 0.2) is 54.6 Å². The van der Waals surface area contributed by atoms with Crippen LogP contribution in [0, 0.1) is 12.8 Å². The van der Waals surface area contributed by atoms with Crippen LogP contribution in [0.25, 0.3) is 6.08 Å². The minimum absolute atomic E-state index is 0.00690. The lowest BCUT2D eigenvalue weighted by atomic mass is 10.0. The Morgan fingerprint density at radius 1 is 1.06 bits per heavy atom. The van der Waals surface area contributed by atoms with Crippen LogP contribution >= 0.6 is 0 Å². The van der Waals surface area contributed by atoms with Gasteiger partial charge in [-0.1, -0.05) is 56.3 Å². The molecule has 0 aromatic heterocycles. The number of nitrogens with zero attached hydrogens (tertiary/aromatic N) is 1. The highest BCUT2D eigenvalue weighted by atomic mass is 16.4. The molecule has 0 spiro atoms. The average molecular weight is 478 g/mol. The number of carbonyl (C=O) groups excluding carboxylic acids is 3. The maximum atomic E-state index is 13.1. The highest BCUT2D eigenvalue weighted by Crippen LogP contribution is 2.22. The Hall–Kier alpha value is -3.94. The number of hydrogen-bond acceptors (Lipinski definition) is 4. The van der Waals surface area contributed by atoms with Crippen LogP contribution in [-0.4, -0.2) is 52.3 Å². The molecule has 0 radical (unpaired) electrons. The van der Waals surface area contributed by atoms with Gasteiger partial charge >= 0.3 is 5.97 Å². The third kappa shape index (κ3) is 6.35. The normalized spacial score (nSPS) is 16.3. The number of rotatable bonds is 8. The molecule has 8 heteroatoms. The van der Waals surface area contributed by atoms with E-state index in [4.69, 9.17) is 0 Å². The molecular formula is C27H31N3O5. The van der Waals surface area contributed by atoms with E-state index in [0.29, 0.717) is 24.9 Å². The van der Waals surface area contributed by atoms with Crippen molar-refractivity contribution in [1.29, 1.82) is 0 Å². The van der Waals surface area contributed by atoms with Crippen molar-refractivity contribution in [3.8, 4) is 0 Å². The largest absolute Gasteiger partial charge is 0.478 e. The number of anilines is 1. The van der Waals surface area contributed by atoms with Crippen LogP contribution in [0.2, 0.25) is 0 Å². The van der Waals surface area contributed by atoms with Gasteiger partial charge in [0.05, 0.1) is 11.3 Å². The Kier molecular flexibility index (Phi) is 8.41. The van der Waals surface area contributed by atoms with Gasteiger partial charge in [-0.25, -0.2) is 4.79 Å². The molecule has 35 heavy (non-hydrogen) atoms. The molecule has 2 aromatic rings. The van der Waals surface area contributed by atoms with Crippen molar-refractivity contribution in [3.05, 3.63) is 71.3 Å². The molecule has 0 aliphatic carbocycles. The number of amides is 3. The highest BCUT2D eigenvalue weighted by Gasteiger charge is 2.36. The number of aromatic carboxylic acids is 1. The molecule has 184 valence electrons. The molecule has 1 aliphatic heterocycles. The van der Waals surface area contributed by atoms with E-state index < -0.39 is 29.9 Å². The van der Waals surface area contributed by atoms with Crippen LogP contribution in [0.3, 0.4) is 0 Å². The van der Waals surface area contributed by atoms with Crippen LogP contribution in [-0.2, 0) is 14.4 Å². The smallest absolute Gasteiger partial charge is 0.338 e. The summed E-state index contributed by atoms with van der Waals surface area (Å²) in [6.45, 7) is 5.69. The third-order valence-electron chi connectivity index (χ3n) is 6.05.